The summed E-state index contributed by atoms with van der Waals surface area (Å²) >= 11 is 0. The van der Waals surface area contributed by atoms with E-state index in [-0.39, 0.29) is 0 Å². The molecule has 0 rings (SSSR count). The van der Waals surface area contributed by atoms with Crippen LogP contribution in [0.15, 0.2) is 0 Å². The first-order valence-corrected chi connectivity index (χ1v) is 16.6. The summed E-state index contributed by atoms with van der Waals surface area (Å²) in [6, 6.07) is 0.962. The van der Waals surface area contributed by atoms with E-state index < -0.39 is 8.80 Å². The van der Waals surface area contributed by atoms with Gasteiger partial charge >= 0.3 is 8.80 Å². The van der Waals surface area contributed by atoms with E-state index in [9.17, 15) is 0 Å². The minimum Gasteiger partial charge on any atom is -0.373 e. The van der Waals surface area contributed by atoms with Gasteiger partial charge in [-0.15, -0.1) is 0 Å². The van der Waals surface area contributed by atoms with Gasteiger partial charge in [0.25, 0.3) is 0 Å². The fraction of sp³-hybridized carbons (Fsp3) is 1.00. The average molecular weight is 489 g/mol. The first-order chi connectivity index (χ1) is 15.9. The van der Waals surface area contributed by atoms with Crippen molar-refractivity contribution in [2.75, 3.05) is 47.0 Å². The summed E-state index contributed by atoms with van der Waals surface area (Å²) in [6.45, 7) is 13.7. The molecule has 5 heteroatoms. The standard InChI is InChI=1S/C28H62NO3Si/c1-7-11-15-16-17-18-19-20-21-23-29(5,6)24-22-28-33(30-25-12-8-2,31-26-13-9-3)32-27-14-10-4/h7-28H2,1-6H3/q+1. The molecule has 0 bridgehead atoms. The normalized spacial score (nSPS) is 12.5. The van der Waals surface area contributed by atoms with E-state index in [1.54, 1.807) is 0 Å². The van der Waals surface area contributed by atoms with Gasteiger partial charge in [-0.1, -0.05) is 91.9 Å². The molecule has 0 N–H and O–H groups in total. The lowest BCUT2D eigenvalue weighted by atomic mass is 10.1. The molecule has 0 fully saturated rings. The Labute approximate surface area is 210 Å². The van der Waals surface area contributed by atoms with Crippen molar-refractivity contribution in [1.82, 2.24) is 0 Å². The van der Waals surface area contributed by atoms with E-state index in [4.69, 9.17) is 13.3 Å². The highest BCUT2D eigenvalue weighted by atomic mass is 28.4. The molecule has 0 heterocycles. The van der Waals surface area contributed by atoms with Crippen LogP contribution in [0.5, 0.6) is 0 Å². The van der Waals surface area contributed by atoms with E-state index in [1.165, 1.54) is 70.9 Å². The highest BCUT2D eigenvalue weighted by Gasteiger charge is 2.41. The topological polar surface area (TPSA) is 27.7 Å². The van der Waals surface area contributed by atoms with Crippen LogP contribution in [0, 0.1) is 0 Å². The SMILES string of the molecule is CCCCCCCCCCC[N+](C)(C)CCC[Si](OCCCC)(OCCCC)OCCCC. The van der Waals surface area contributed by atoms with Crippen LogP contribution in [0.25, 0.3) is 0 Å². The number of rotatable bonds is 26. The Balaban J connectivity index is 4.46. The molecule has 0 aromatic rings. The van der Waals surface area contributed by atoms with Crippen LogP contribution in [-0.2, 0) is 13.3 Å². The van der Waals surface area contributed by atoms with E-state index >= 15 is 0 Å². The molecule has 0 atom stereocenters. The lowest BCUT2D eigenvalue weighted by molar-refractivity contribution is -0.890. The summed E-state index contributed by atoms with van der Waals surface area (Å²) in [7, 11) is 2.20. The third-order valence-corrected chi connectivity index (χ3v) is 9.47. The van der Waals surface area contributed by atoms with E-state index in [0.717, 1.165) is 75.3 Å². The first-order valence-electron chi connectivity index (χ1n) is 14.7. The minimum absolute atomic E-state index is 0.775. The van der Waals surface area contributed by atoms with Crippen LogP contribution in [0.1, 0.15) is 130 Å². The molecule has 4 nitrogen and oxygen atoms in total. The smallest absolute Gasteiger partial charge is 0.373 e. The predicted molar refractivity (Wildman–Crippen MR) is 147 cm³/mol. The Morgan fingerprint density at radius 2 is 0.818 bits per heavy atom. The van der Waals surface area contributed by atoms with Crippen LogP contribution in [0.4, 0.5) is 0 Å². The van der Waals surface area contributed by atoms with Gasteiger partial charge in [0.05, 0.1) is 27.2 Å². The lowest BCUT2D eigenvalue weighted by Gasteiger charge is -2.33. The van der Waals surface area contributed by atoms with Gasteiger partial charge in [-0.3, -0.25) is 0 Å². The molecule has 0 aromatic carbocycles. The van der Waals surface area contributed by atoms with Crippen molar-refractivity contribution in [3.8, 4) is 0 Å². The number of unbranched alkanes of at least 4 members (excludes halogenated alkanes) is 11. The van der Waals surface area contributed by atoms with Gasteiger partial charge in [-0.05, 0) is 32.1 Å². The lowest BCUT2D eigenvalue weighted by Crippen LogP contribution is -2.48. The summed E-state index contributed by atoms with van der Waals surface area (Å²) in [6.07, 6.45) is 20.4. The number of hydrogen-bond acceptors (Lipinski definition) is 3. The molecule has 33 heavy (non-hydrogen) atoms. The van der Waals surface area contributed by atoms with Gasteiger partial charge in [0.15, 0.2) is 0 Å². The Hall–Kier alpha value is 0.0569. The maximum Gasteiger partial charge on any atom is 0.501 e. The highest BCUT2D eigenvalue weighted by Crippen LogP contribution is 2.22. The Morgan fingerprint density at radius 3 is 1.24 bits per heavy atom. The number of quaternary nitrogens is 1. The van der Waals surface area contributed by atoms with Crippen molar-refractivity contribution in [2.24, 2.45) is 0 Å². The summed E-state index contributed by atoms with van der Waals surface area (Å²) in [5, 5.41) is 0. The molecule has 200 valence electrons. The third kappa shape index (κ3) is 20.0. The van der Waals surface area contributed by atoms with Crippen LogP contribution < -0.4 is 0 Å². The molecule has 0 unspecified atom stereocenters. The largest absolute Gasteiger partial charge is 0.501 e. The Morgan fingerprint density at radius 1 is 0.455 bits per heavy atom. The summed E-state index contributed by atoms with van der Waals surface area (Å²) in [4.78, 5) is 0. The van der Waals surface area contributed by atoms with Crippen LogP contribution >= 0.6 is 0 Å². The fourth-order valence-electron chi connectivity index (χ4n) is 4.14. The molecule has 0 aromatic heterocycles. The van der Waals surface area contributed by atoms with Crippen LogP contribution in [0.2, 0.25) is 6.04 Å². The maximum atomic E-state index is 6.43. The molecule has 0 saturated heterocycles. The van der Waals surface area contributed by atoms with Crippen LogP contribution in [0.3, 0.4) is 0 Å². The predicted octanol–water partition coefficient (Wildman–Crippen LogP) is 8.37. The number of hydrogen-bond donors (Lipinski definition) is 0. The second-order valence-electron chi connectivity index (χ2n) is 10.6. The first kappa shape index (κ1) is 33.1. The van der Waals surface area contributed by atoms with Gasteiger partial charge in [-0.25, -0.2) is 0 Å². The van der Waals surface area contributed by atoms with Gasteiger partial charge in [-0.2, -0.15) is 0 Å². The van der Waals surface area contributed by atoms with Crippen molar-refractivity contribution < 1.29 is 17.8 Å². The Kier molecular flexibility index (Phi) is 22.6. The van der Waals surface area contributed by atoms with Gasteiger partial charge < -0.3 is 17.8 Å². The zero-order chi connectivity index (χ0) is 24.7. The van der Waals surface area contributed by atoms with Gasteiger partial charge in [0.2, 0.25) is 0 Å². The van der Waals surface area contributed by atoms with Crippen molar-refractivity contribution in [3.63, 3.8) is 0 Å². The second-order valence-corrected chi connectivity index (χ2v) is 13.3. The fourth-order valence-corrected chi connectivity index (χ4v) is 6.78. The second kappa shape index (κ2) is 22.5. The summed E-state index contributed by atoms with van der Waals surface area (Å²) in [5.74, 6) is 0. The average Bonchev–Trinajstić information content (AvgIpc) is 2.78. The molecule has 0 aliphatic heterocycles. The summed E-state index contributed by atoms with van der Waals surface area (Å²) < 4.78 is 20.4. The van der Waals surface area contributed by atoms with Crippen molar-refractivity contribution in [3.05, 3.63) is 0 Å². The molecule has 0 amide bonds. The minimum atomic E-state index is -2.58. The molecule has 0 saturated carbocycles. The quantitative estimate of drug-likeness (QED) is 0.0695. The monoisotopic (exact) mass is 488 g/mol. The van der Waals surface area contributed by atoms with E-state index in [2.05, 4.69) is 41.8 Å². The molecule has 0 spiro atoms. The van der Waals surface area contributed by atoms with Crippen molar-refractivity contribution in [1.29, 1.82) is 0 Å². The Bertz CT molecular complexity index is 380. The van der Waals surface area contributed by atoms with Crippen molar-refractivity contribution in [2.45, 2.75) is 136 Å². The van der Waals surface area contributed by atoms with E-state index in [0.29, 0.717) is 0 Å². The molecule has 0 aliphatic carbocycles. The molecular weight excluding hydrogens is 426 g/mol. The van der Waals surface area contributed by atoms with E-state index in [1.807, 2.05) is 0 Å². The maximum absolute atomic E-state index is 6.43. The molecular formula is C28H62NO3Si+. The number of nitrogens with zero attached hydrogens (tertiary/aromatic N) is 1. The molecule has 0 radical (unpaired) electrons. The highest BCUT2D eigenvalue weighted by molar-refractivity contribution is 6.60. The molecule has 0 aliphatic rings. The van der Waals surface area contributed by atoms with Crippen LogP contribution in [-0.4, -0.2) is 60.3 Å². The third-order valence-electron chi connectivity index (χ3n) is 6.57. The van der Waals surface area contributed by atoms with Gasteiger partial charge in [0, 0.05) is 32.3 Å². The van der Waals surface area contributed by atoms with Crippen molar-refractivity contribution >= 4 is 8.80 Å². The zero-order valence-electron chi connectivity index (χ0n) is 23.7. The van der Waals surface area contributed by atoms with Gasteiger partial charge in [0.1, 0.15) is 0 Å². The summed E-state index contributed by atoms with van der Waals surface area (Å²) in [5.41, 5.74) is 0. The zero-order valence-corrected chi connectivity index (χ0v) is 24.7.